The predicted molar refractivity (Wildman–Crippen MR) is 127 cm³/mol. The summed E-state index contributed by atoms with van der Waals surface area (Å²) in [6.07, 6.45) is 1.79. The molecule has 0 aliphatic rings. The Labute approximate surface area is 191 Å². The molecular weight excluding hydrogens is 419 g/mol. The van der Waals surface area contributed by atoms with Crippen LogP contribution in [0.5, 0.6) is 5.75 Å². The molecule has 1 aromatic heterocycles. The third-order valence-electron chi connectivity index (χ3n) is 5.35. The Morgan fingerprint density at radius 2 is 1.67 bits per heavy atom. The maximum Gasteiger partial charge on any atom is 0.335 e. The summed E-state index contributed by atoms with van der Waals surface area (Å²) in [4.78, 5) is 15.5. The Morgan fingerprint density at radius 1 is 1.00 bits per heavy atom. The summed E-state index contributed by atoms with van der Waals surface area (Å²) >= 11 is 0. The quantitative estimate of drug-likeness (QED) is 0.344. The van der Waals surface area contributed by atoms with E-state index in [1.165, 1.54) is 24.3 Å². The third kappa shape index (κ3) is 5.18. The number of hydrogen-bond acceptors (Lipinski definition) is 3. The van der Waals surface area contributed by atoms with Crippen LogP contribution in [0.25, 0.3) is 5.69 Å². The molecule has 3 aromatic carbocycles. The van der Waals surface area contributed by atoms with Gasteiger partial charge in [0, 0.05) is 28.9 Å². The zero-order valence-electron chi connectivity index (χ0n) is 18.3. The number of rotatable bonds is 7. The van der Waals surface area contributed by atoms with Crippen LogP contribution in [-0.4, -0.2) is 21.9 Å². The fourth-order valence-corrected chi connectivity index (χ4v) is 3.59. The molecule has 1 N–H and O–H groups in total. The Kier molecular flexibility index (Phi) is 6.36. The van der Waals surface area contributed by atoms with Crippen molar-refractivity contribution in [3.63, 3.8) is 0 Å². The Morgan fingerprint density at radius 3 is 2.30 bits per heavy atom. The van der Waals surface area contributed by atoms with E-state index in [0.717, 1.165) is 34.0 Å². The zero-order valence-corrected chi connectivity index (χ0v) is 18.3. The normalized spacial score (nSPS) is 11.1. The molecule has 0 amide bonds. The fourth-order valence-electron chi connectivity index (χ4n) is 3.59. The molecule has 5 nitrogen and oxygen atoms in total. The molecule has 0 unspecified atom stereocenters. The molecule has 0 aliphatic carbocycles. The number of carboxylic acids is 1. The minimum Gasteiger partial charge on any atom is -0.489 e. The van der Waals surface area contributed by atoms with Crippen LogP contribution in [0.4, 0.5) is 10.1 Å². The molecule has 0 bridgehead atoms. The Hall–Kier alpha value is -4.19. The van der Waals surface area contributed by atoms with Crippen LogP contribution in [0.3, 0.4) is 0 Å². The smallest absolute Gasteiger partial charge is 0.335 e. The van der Waals surface area contributed by atoms with Crippen molar-refractivity contribution in [1.29, 1.82) is 0 Å². The number of ether oxygens (including phenoxy) is 1. The first-order chi connectivity index (χ1) is 15.9. The van der Waals surface area contributed by atoms with E-state index in [2.05, 4.69) is 15.6 Å². The van der Waals surface area contributed by atoms with Crippen LogP contribution in [0.15, 0.2) is 83.9 Å². The van der Waals surface area contributed by atoms with Gasteiger partial charge in [0.25, 0.3) is 0 Å². The van der Waals surface area contributed by atoms with Gasteiger partial charge in [0.1, 0.15) is 18.2 Å². The predicted octanol–water partition coefficient (Wildman–Crippen LogP) is 6.26. The highest BCUT2D eigenvalue weighted by Gasteiger charge is 2.10. The van der Waals surface area contributed by atoms with Crippen LogP contribution in [0, 0.1) is 19.7 Å². The highest BCUT2D eigenvalue weighted by atomic mass is 19.1. The van der Waals surface area contributed by atoms with Crippen molar-refractivity contribution in [3.8, 4) is 11.4 Å². The maximum atomic E-state index is 13.0. The number of hydrogen-bond donors (Lipinski definition) is 1. The molecule has 0 atom stereocenters. The number of aliphatic imine (C=N–C) groups is 1. The first kappa shape index (κ1) is 22.0. The molecule has 166 valence electrons. The van der Waals surface area contributed by atoms with Gasteiger partial charge in [-0.05, 0) is 86.1 Å². The SMILES string of the molecule is Cc1cc(C=Nc2ccc(C(=O)O)cc2)c(C)n1-c1ccc(OCc2ccc(F)cc2)cc1. The molecule has 4 aromatic rings. The molecule has 0 spiro atoms. The van der Waals surface area contributed by atoms with E-state index in [4.69, 9.17) is 9.84 Å². The summed E-state index contributed by atoms with van der Waals surface area (Å²) in [7, 11) is 0. The number of carboxylic acid groups (broad SMARTS) is 1. The second-order valence-corrected chi connectivity index (χ2v) is 7.68. The summed E-state index contributed by atoms with van der Waals surface area (Å²) in [6, 6.07) is 22.6. The summed E-state index contributed by atoms with van der Waals surface area (Å²) in [5.41, 5.74) is 5.91. The molecular formula is C27H23FN2O3. The summed E-state index contributed by atoms with van der Waals surface area (Å²) < 4.78 is 21.0. The van der Waals surface area contributed by atoms with Crippen molar-refractivity contribution in [1.82, 2.24) is 4.57 Å². The van der Waals surface area contributed by atoms with Crippen LogP contribution in [0.1, 0.15) is 32.9 Å². The van der Waals surface area contributed by atoms with Gasteiger partial charge >= 0.3 is 5.97 Å². The fraction of sp³-hybridized carbons (Fsp3) is 0.111. The molecule has 0 fully saturated rings. The van der Waals surface area contributed by atoms with Crippen LogP contribution < -0.4 is 4.74 Å². The first-order valence-electron chi connectivity index (χ1n) is 10.4. The summed E-state index contributed by atoms with van der Waals surface area (Å²) in [5, 5.41) is 9.01. The first-order valence-corrected chi connectivity index (χ1v) is 10.4. The van der Waals surface area contributed by atoms with E-state index in [-0.39, 0.29) is 11.4 Å². The van der Waals surface area contributed by atoms with Gasteiger partial charge in [0.05, 0.1) is 11.3 Å². The lowest BCUT2D eigenvalue weighted by molar-refractivity contribution is 0.0697. The van der Waals surface area contributed by atoms with E-state index >= 15 is 0 Å². The molecule has 0 saturated carbocycles. The second kappa shape index (κ2) is 9.53. The van der Waals surface area contributed by atoms with Gasteiger partial charge in [-0.3, -0.25) is 4.99 Å². The number of nitrogens with zero attached hydrogens (tertiary/aromatic N) is 2. The van der Waals surface area contributed by atoms with Gasteiger partial charge in [-0.15, -0.1) is 0 Å². The van der Waals surface area contributed by atoms with E-state index in [1.54, 1.807) is 30.5 Å². The molecule has 33 heavy (non-hydrogen) atoms. The molecule has 0 aliphatic heterocycles. The van der Waals surface area contributed by atoms with Crippen molar-refractivity contribution >= 4 is 17.9 Å². The molecule has 0 saturated heterocycles. The van der Waals surface area contributed by atoms with Gasteiger partial charge in [-0.25, -0.2) is 9.18 Å². The standard InChI is InChI=1S/C27H23FN2O3/c1-18-15-22(16-29-24-9-5-21(6-10-24)27(31)32)19(2)30(18)25-11-13-26(14-12-25)33-17-20-3-7-23(28)8-4-20/h3-16H,17H2,1-2H3,(H,31,32). The van der Waals surface area contributed by atoms with E-state index in [0.29, 0.717) is 12.3 Å². The average Bonchev–Trinajstić information content (AvgIpc) is 3.11. The Balaban J connectivity index is 1.47. The van der Waals surface area contributed by atoms with Gasteiger partial charge in [0.15, 0.2) is 0 Å². The van der Waals surface area contributed by atoms with Crippen LogP contribution in [-0.2, 0) is 6.61 Å². The molecule has 6 heteroatoms. The third-order valence-corrected chi connectivity index (χ3v) is 5.35. The van der Waals surface area contributed by atoms with Crippen molar-refractivity contribution in [2.45, 2.75) is 20.5 Å². The van der Waals surface area contributed by atoms with Gasteiger partial charge in [0.2, 0.25) is 0 Å². The van der Waals surface area contributed by atoms with Crippen LogP contribution >= 0.6 is 0 Å². The zero-order chi connectivity index (χ0) is 23.4. The minimum atomic E-state index is -0.957. The molecule has 4 rings (SSSR count). The lowest BCUT2D eigenvalue weighted by Crippen LogP contribution is -2.00. The molecule has 0 radical (unpaired) electrons. The van der Waals surface area contributed by atoms with Crippen LogP contribution in [0.2, 0.25) is 0 Å². The largest absolute Gasteiger partial charge is 0.489 e. The van der Waals surface area contributed by atoms with Gasteiger partial charge < -0.3 is 14.4 Å². The lowest BCUT2D eigenvalue weighted by Gasteiger charge is -2.11. The Bertz CT molecular complexity index is 1290. The van der Waals surface area contributed by atoms with Crippen molar-refractivity contribution in [2.24, 2.45) is 4.99 Å². The monoisotopic (exact) mass is 442 g/mol. The number of carbonyl (C=O) groups is 1. The van der Waals surface area contributed by atoms with E-state index in [1.807, 2.05) is 38.1 Å². The minimum absolute atomic E-state index is 0.234. The number of aryl methyl sites for hydroxylation is 1. The van der Waals surface area contributed by atoms with Crippen molar-refractivity contribution < 1.29 is 19.0 Å². The average molecular weight is 442 g/mol. The second-order valence-electron chi connectivity index (χ2n) is 7.68. The number of halogens is 1. The van der Waals surface area contributed by atoms with Gasteiger partial charge in [-0.1, -0.05) is 12.1 Å². The number of aromatic nitrogens is 1. The topological polar surface area (TPSA) is 63.8 Å². The van der Waals surface area contributed by atoms with Gasteiger partial charge in [-0.2, -0.15) is 0 Å². The van der Waals surface area contributed by atoms with E-state index in [9.17, 15) is 9.18 Å². The van der Waals surface area contributed by atoms with Crippen molar-refractivity contribution in [2.75, 3.05) is 0 Å². The summed E-state index contributed by atoms with van der Waals surface area (Å²) in [5.74, 6) is -0.487. The van der Waals surface area contributed by atoms with E-state index < -0.39 is 5.97 Å². The number of aromatic carboxylic acids is 1. The number of benzene rings is 3. The van der Waals surface area contributed by atoms with Crippen molar-refractivity contribution in [3.05, 3.63) is 113 Å². The summed E-state index contributed by atoms with van der Waals surface area (Å²) in [6.45, 7) is 4.43. The molecule has 1 heterocycles. The highest BCUT2D eigenvalue weighted by molar-refractivity contribution is 5.88. The maximum absolute atomic E-state index is 13.0. The highest BCUT2D eigenvalue weighted by Crippen LogP contribution is 2.23. The lowest BCUT2D eigenvalue weighted by atomic mass is 10.2.